The SMILES string of the molecule is CCCc1cc(=O)[nH]c(SC(CN)c2cccc(F)c2)n1. The number of benzene rings is 1. The van der Waals surface area contributed by atoms with Gasteiger partial charge in [-0.3, -0.25) is 4.79 Å². The van der Waals surface area contributed by atoms with Gasteiger partial charge in [0.2, 0.25) is 0 Å². The van der Waals surface area contributed by atoms with Crippen molar-refractivity contribution in [3.05, 3.63) is 57.8 Å². The average molecular weight is 307 g/mol. The highest BCUT2D eigenvalue weighted by molar-refractivity contribution is 7.99. The van der Waals surface area contributed by atoms with E-state index in [-0.39, 0.29) is 16.6 Å². The lowest BCUT2D eigenvalue weighted by Crippen LogP contribution is -2.14. The van der Waals surface area contributed by atoms with Crippen LogP contribution in [0.2, 0.25) is 0 Å². The van der Waals surface area contributed by atoms with Crippen molar-refractivity contribution in [2.24, 2.45) is 5.73 Å². The number of aromatic amines is 1. The zero-order chi connectivity index (χ0) is 15.2. The van der Waals surface area contributed by atoms with Crippen LogP contribution < -0.4 is 11.3 Å². The summed E-state index contributed by atoms with van der Waals surface area (Å²) in [5.41, 5.74) is 7.15. The van der Waals surface area contributed by atoms with E-state index in [1.54, 1.807) is 6.07 Å². The van der Waals surface area contributed by atoms with Gasteiger partial charge in [-0.2, -0.15) is 0 Å². The number of H-pyrrole nitrogens is 1. The van der Waals surface area contributed by atoms with Crippen LogP contribution in [0.15, 0.2) is 40.3 Å². The lowest BCUT2D eigenvalue weighted by Gasteiger charge is -2.14. The van der Waals surface area contributed by atoms with E-state index < -0.39 is 0 Å². The molecule has 1 atom stereocenters. The zero-order valence-electron chi connectivity index (χ0n) is 11.8. The molecule has 0 fully saturated rings. The minimum absolute atomic E-state index is 0.152. The Labute approximate surface area is 127 Å². The Morgan fingerprint density at radius 2 is 2.24 bits per heavy atom. The van der Waals surface area contributed by atoms with Crippen LogP contribution in [0.1, 0.15) is 29.9 Å². The Hall–Kier alpha value is -1.66. The zero-order valence-corrected chi connectivity index (χ0v) is 12.6. The van der Waals surface area contributed by atoms with Gasteiger partial charge in [0.25, 0.3) is 5.56 Å². The van der Waals surface area contributed by atoms with Crippen molar-refractivity contribution >= 4 is 11.8 Å². The van der Waals surface area contributed by atoms with Crippen LogP contribution in [0, 0.1) is 5.82 Å². The second-order valence-corrected chi connectivity index (χ2v) is 5.88. The maximum atomic E-state index is 13.3. The largest absolute Gasteiger partial charge is 0.329 e. The molecule has 0 amide bonds. The average Bonchev–Trinajstić information content (AvgIpc) is 2.44. The number of nitrogens with zero attached hydrogens (tertiary/aromatic N) is 1. The third-order valence-corrected chi connectivity index (χ3v) is 4.13. The van der Waals surface area contributed by atoms with Crippen molar-refractivity contribution in [2.45, 2.75) is 30.2 Å². The number of hydrogen-bond donors (Lipinski definition) is 2. The molecular formula is C15H18FN3OS. The molecule has 0 saturated carbocycles. The minimum Gasteiger partial charge on any atom is -0.329 e. The maximum Gasteiger partial charge on any atom is 0.251 e. The molecule has 0 bridgehead atoms. The van der Waals surface area contributed by atoms with Gasteiger partial charge in [-0.15, -0.1) is 0 Å². The van der Waals surface area contributed by atoms with Gasteiger partial charge in [-0.05, 0) is 24.1 Å². The van der Waals surface area contributed by atoms with E-state index in [0.717, 1.165) is 24.1 Å². The second-order valence-electron chi connectivity index (χ2n) is 4.69. The Balaban J connectivity index is 2.24. The van der Waals surface area contributed by atoms with E-state index in [1.807, 2.05) is 13.0 Å². The summed E-state index contributed by atoms with van der Waals surface area (Å²) in [4.78, 5) is 18.8. The molecule has 0 radical (unpaired) electrons. The summed E-state index contributed by atoms with van der Waals surface area (Å²) in [5.74, 6) is -0.298. The first-order valence-corrected chi connectivity index (χ1v) is 7.72. The van der Waals surface area contributed by atoms with Crippen LogP contribution in [-0.4, -0.2) is 16.5 Å². The Kier molecular flexibility index (Phi) is 5.52. The normalized spacial score (nSPS) is 12.3. The van der Waals surface area contributed by atoms with Gasteiger partial charge in [-0.1, -0.05) is 37.2 Å². The van der Waals surface area contributed by atoms with E-state index in [9.17, 15) is 9.18 Å². The molecule has 0 aliphatic carbocycles. The summed E-state index contributed by atoms with van der Waals surface area (Å²) in [6.07, 6.45) is 1.68. The smallest absolute Gasteiger partial charge is 0.251 e. The van der Waals surface area contributed by atoms with E-state index >= 15 is 0 Å². The number of halogens is 1. The lowest BCUT2D eigenvalue weighted by molar-refractivity contribution is 0.625. The summed E-state index contributed by atoms with van der Waals surface area (Å²) in [6, 6.07) is 7.83. The van der Waals surface area contributed by atoms with Crippen LogP contribution in [0.25, 0.3) is 0 Å². The Morgan fingerprint density at radius 1 is 1.43 bits per heavy atom. The molecule has 2 aromatic rings. The second kappa shape index (κ2) is 7.38. The first-order chi connectivity index (χ1) is 10.1. The highest BCUT2D eigenvalue weighted by atomic mass is 32.2. The quantitative estimate of drug-likeness (QED) is 0.636. The standard InChI is InChI=1S/C15H18FN3OS/c1-2-4-12-8-14(20)19-15(18-12)21-13(9-17)10-5-3-6-11(16)7-10/h3,5-8,13H,2,4,9,17H2,1H3,(H,18,19,20). The lowest BCUT2D eigenvalue weighted by atomic mass is 10.1. The number of nitrogens with two attached hydrogens (primary N) is 1. The molecule has 3 N–H and O–H groups in total. The highest BCUT2D eigenvalue weighted by Gasteiger charge is 2.14. The van der Waals surface area contributed by atoms with E-state index in [4.69, 9.17) is 5.73 Å². The van der Waals surface area contributed by atoms with Crippen molar-refractivity contribution in [1.82, 2.24) is 9.97 Å². The number of aryl methyl sites for hydroxylation is 1. The fourth-order valence-corrected chi connectivity index (χ4v) is 3.00. The van der Waals surface area contributed by atoms with Crippen molar-refractivity contribution in [1.29, 1.82) is 0 Å². The molecule has 0 aliphatic heterocycles. The highest BCUT2D eigenvalue weighted by Crippen LogP contribution is 2.32. The monoisotopic (exact) mass is 307 g/mol. The number of rotatable bonds is 6. The first-order valence-electron chi connectivity index (χ1n) is 6.84. The molecule has 0 spiro atoms. The van der Waals surface area contributed by atoms with Crippen molar-refractivity contribution in [3.8, 4) is 0 Å². The van der Waals surface area contributed by atoms with Gasteiger partial charge >= 0.3 is 0 Å². The molecular weight excluding hydrogens is 289 g/mol. The fraction of sp³-hybridized carbons (Fsp3) is 0.333. The number of hydrogen-bond acceptors (Lipinski definition) is 4. The molecule has 1 aromatic heterocycles. The van der Waals surface area contributed by atoms with Gasteiger partial charge in [-0.25, -0.2) is 9.37 Å². The van der Waals surface area contributed by atoms with Gasteiger partial charge in [0.1, 0.15) is 5.82 Å². The summed E-state index contributed by atoms with van der Waals surface area (Å²) in [5, 5.41) is 0.367. The van der Waals surface area contributed by atoms with E-state index in [0.29, 0.717) is 11.7 Å². The predicted octanol–water partition coefficient (Wildman–Crippen LogP) is 2.65. The predicted molar refractivity (Wildman–Crippen MR) is 82.9 cm³/mol. The third-order valence-electron chi connectivity index (χ3n) is 2.97. The van der Waals surface area contributed by atoms with Gasteiger partial charge in [0, 0.05) is 23.6 Å². The molecule has 4 nitrogen and oxygen atoms in total. The summed E-state index contributed by atoms with van der Waals surface area (Å²) >= 11 is 1.35. The number of thioether (sulfide) groups is 1. The van der Waals surface area contributed by atoms with Crippen LogP contribution in [0.5, 0.6) is 0 Å². The molecule has 1 aromatic carbocycles. The van der Waals surface area contributed by atoms with Crippen LogP contribution in [0.3, 0.4) is 0 Å². The van der Waals surface area contributed by atoms with Crippen molar-refractivity contribution in [3.63, 3.8) is 0 Å². The molecule has 21 heavy (non-hydrogen) atoms. The first kappa shape index (κ1) is 15.7. The van der Waals surface area contributed by atoms with Gasteiger partial charge < -0.3 is 10.7 Å². The van der Waals surface area contributed by atoms with E-state index in [2.05, 4.69) is 9.97 Å². The summed E-state index contributed by atoms with van der Waals surface area (Å²) in [7, 11) is 0. The van der Waals surface area contributed by atoms with Crippen LogP contribution in [-0.2, 0) is 6.42 Å². The fourth-order valence-electron chi connectivity index (χ4n) is 2.02. The maximum absolute atomic E-state index is 13.3. The van der Waals surface area contributed by atoms with Crippen LogP contribution >= 0.6 is 11.8 Å². The summed E-state index contributed by atoms with van der Waals surface area (Å²) in [6.45, 7) is 2.36. The van der Waals surface area contributed by atoms with E-state index in [1.165, 1.54) is 30.0 Å². The topological polar surface area (TPSA) is 71.8 Å². The molecule has 6 heteroatoms. The minimum atomic E-state index is -0.298. The van der Waals surface area contributed by atoms with Gasteiger partial charge in [0.15, 0.2) is 5.16 Å². The summed E-state index contributed by atoms with van der Waals surface area (Å²) < 4.78 is 13.3. The van der Waals surface area contributed by atoms with Crippen molar-refractivity contribution in [2.75, 3.05) is 6.54 Å². The Bertz CT molecular complexity index is 659. The molecule has 2 rings (SSSR count). The molecule has 1 unspecified atom stereocenters. The Morgan fingerprint density at radius 3 is 2.90 bits per heavy atom. The number of aromatic nitrogens is 2. The van der Waals surface area contributed by atoms with Crippen molar-refractivity contribution < 1.29 is 4.39 Å². The molecule has 1 heterocycles. The molecule has 112 valence electrons. The van der Waals surface area contributed by atoms with Crippen LogP contribution in [0.4, 0.5) is 4.39 Å². The van der Waals surface area contributed by atoms with Gasteiger partial charge in [0.05, 0.1) is 0 Å². The molecule has 0 aliphatic rings. The third kappa shape index (κ3) is 4.41. The molecule has 0 saturated heterocycles. The number of nitrogens with one attached hydrogen (secondary N) is 1.